The van der Waals surface area contributed by atoms with Gasteiger partial charge in [0.25, 0.3) is 0 Å². The first-order valence-electron chi connectivity index (χ1n) is 6.13. The number of ether oxygens (including phenoxy) is 1. The summed E-state index contributed by atoms with van der Waals surface area (Å²) in [5.74, 6) is 0.539. The minimum atomic E-state index is -4.21. The molecule has 0 heterocycles. The van der Waals surface area contributed by atoms with Gasteiger partial charge in [-0.3, -0.25) is 0 Å². The van der Waals surface area contributed by atoms with Crippen LogP contribution in [0.2, 0.25) is 5.02 Å². The van der Waals surface area contributed by atoms with E-state index in [0.717, 1.165) is 0 Å². The monoisotopic (exact) mass is 311 g/mol. The number of nitrogens with one attached hydrogen (secondary N) is 1. The van der Waals surface area contributed by atoms with E-state index in [1.165, 1.54) is 6.92 Å². The van der Waals surface area contributed by atoms with Gasteiger partial charge in [-0.05, 0) is 31.2 Å². The normalized spacial score (nSPS) is 14.9. The Balaban J connectivity index is 2.23. The van der Waals surface area contributed by atoms with E-state index in [2.05, 4.69) is 5.32 Å². The van der Waals surface area contributed by atoms with E-state index >= 15 is 0 Å². The van der Waals surface area contributed by atoms with Crippen molar-refractivity contribution in [1.82, 2.24) is 5.32 Å². The van der Waals surface area contributed by atoms with Crippen LogP contribution in [0.25, 0.3) is 0 Å². The van der Waals surface area contributed by atoms with E-state index in [1.807, 2.05) is 0 Å². The molecule has 0 amide bonds. The first-order chi connectivity index (χ1) is 9.26. The molecule has 2 unspecified atom stereocenters. The smallest absolute Gasteiger partial charge is 0.390 e. The second-order valence-corrected chi connectivity index (χ2v) is 4.98. The average molecular weight is 312 g/mol. The maximum absolute atomic E-state index is 12.1. The van der Waals surface area contributed by atoms with Crippen LogP contribution < -0.4 is 10.1 Å². The standard InChI is InChI=1S/C13H17ClF3NO2/c1-9(6-13(15,16)17)18-7-11(19)8-20-12-4-2-10(14)3-5-12/h2-5,9,11,18-19H,6-8H2,1H3. The van der Waals surface area contributed by atoms with Crippen molar-refractivity contribution < 1.29 is 23.0 Å². The van der Waals surface area contributed by atoms with E-state index in [1.54, 1.807) is 24.3 Å². The molecule has 0 fully saturated rings. The number of halogens is 4. The van der Waals surface area contributed by atoms with Gasteiger partial charge < -0.3 is 15.2 Å². The van der Waals surface area contributed by atoms with Crippen molar-refractivity contribution in [2.45, 2.75) is 31.7 Å². The molecule has 0 bridgehead atoms. The predicted octanol–water partition coefficient (Wildman–Crippen LogP) is 3.01. The summed E-state index contributed by atoms with van der Waals surface area (Å²) in [6.45, 7) is 1.44. The topological polar surface area (TPSA) is 41.5 Å². The Morgan fingerprint density at radius 3 is 2.45 bits per heavy atom. The number of hydrogen-bond acceptors (Lipinski definition) is 3. The first kappa shape index (κ1) is 17.1. The zero-order valence-corrected chi connectivity index (χ0v) is 11.7. The Kier molecular flexibility index (Phi) is 6.58. The largest absolute Gasteiger partial charge is 0.491 e. The Bertz CT molecular complexity index is 398. The first-order valence-corrected chi connectivity index (χ1v) is 6.50. The zero-order valence-electron chi connectivity index (χ0n) is 11.0. The fraction of sp³-hybridized carbons (Fsp3) is 0.538. The molecule has 0 saturated carbocycles. The quantitative estimate of drug-likeness (QED) is 0.813. The van der Waals surface area contributed by atoms with Crippen LogP contribution in [-0.4, -0.2) is 36.6 Å². The maximum atomic E-state index is 12.1. The summed E-state index contributed by atoms with van der Waals surface area (Å²) in [7, 11) is 0. The molecule has 0 aromatic heterocycles. The highest BCUT2D eigenvalue weighted by Crippen LogP contribution is 2.21. The van der Waals surface area contributed by atoms with Crippen LogP contribution in [0.1, 0.15) is 13.3 Å². The number of benzene rings is 1. The lowest BCUT2D eigenvalue weighted by molar-refractivity contribution is -0.139. The second-order valence-electron chi connectivity index (χ2n) is 4.55. The predicted molar refractivity (Wildman–Crippen MR) is 71.1 cm³/mol. The van der Waals surface area contributed by atoms with Crippen molar-refractivity contribution in [3.05, 3.63) is 29.3 Å². The van der Waals surface area contributed by atoms with E-state index in [4.69, 9.17) is 16.3 Å². The van der Waals surface area contributed by atoms with Crippen molar-refractivity contribution in [3.63, 3.8) is 0 Å². The van der Waals surface area contributed by atoms with Gasteiger partial charge >= 0.3 is 6.18 Å². The molecule has 20 heavy (non-hydrogen) atoms. The summed E-state index contributed by atoms with van der Waals surface area (Å²) < 4.78 is 41.6. The van der Waals surface area contributed by atoms with Crippen LogP contribution in [0.15, 0.2) is 24.3 Å². The van der Waals surface area contributed by atoms with Crippen molar-refractivity contribution in [2.75, 3.05) is 13.2 Å². The van der Waals surface area contributed by atoms with Gasteiger partial charge in [0.15, 0.2) is 0 Å². The molecule has 7 heteroatoms. The van der Waals surface area contributed by atoms with E-state index in [9.17, 15) is 18.3 Å². The third kappa shape index (κ3) is 7.57. The number of aliphatic hydroxyl groups excluding tert-OH is 1. The van der Waals surface area contributed by atoms with Crippen molar-refractivity contribution in [1.29, 1.82) is 0 Å². The molecule has 0 aliphatic heterocycles. The molecule has 3 nitrogen and oxygen atoms in total. The van der Waals surface area contributed by atoms with Gasteiger partial charge in [0.2, 0.25) is 0 Å². The molecular weight excluding hydrogens is 295 g/mol. The number of aliphatic hydroxyl groups is 1. The molecule has 2 N–H and O–H groups in total. The lowest BCUT2D eigenvalue weighted by Gasteiger charge is -2.18. The van der Waals surface area contributed by atoms with Crippen LogP contribution in [0, 0.1) is 0 Å². The van der Waals surface area contributed by atoms with Gasteiger partial charge in [-0.2, -0.15) is 13.2 Å². The molecular formula is C13H17ClF3NO2. The second kappa shape index (κ2) is 7.71. The molecule has 0 saturated heterocycles. The number of rotatable bonds is 7. The number of alkyl halides is 3. The summed E-state index contributed by atoms with van der Waals surface area (Å²) >= 11 is 5.70. The zero-order chi connectivity index (χ0) is 15.2. The third-order valence-electron chi connectivity index (χ3n) is 2.50. The molecule has 114 valence electrons. The van der Waals surface area contributed by atoms with Gasteiger partial charge in [0, 0.05) is 17.6 Å². The minimum absolute atomic E-state index is 0.00658. The highest BCUT2D eigenvalue weighted by Gasteiger charge is 2.29. The minimum Gasteiger partial charge on any atom is -0.491 e. The highest BCUT2D eigenvalue weighted by molar-refractivity contribution is 6.30. The molecule has 0 radical (unpaired) electrons. The molecule has 0 aliphatic carbocycles. The highest BCUT2D eigenvalue weighted by atomic mass is 35.5. The van der Waals surface area contributed by atoms with Gasteiger partial charge in [-0.25, -0.2) is 0 Å². The van der Waals surface area contributed by atoms with Crippen LogP contribution in [0.4, 0.5) is 13.2 Å². The lowest BCUT2D eigenvalue weighted by Crippen LogP contribution is -2.38. The molecule has 0 spiro atoms. The molecule has 1 aromatic rings. The van der Waals surface area contributed by atoms with Crippen molar-refractivity contribution in [2.24, 2.45) is 0 Å². The molecule has 1 aromatic carbocycles. The summed E-state index contributed by atoms with van der Waals surface area (Å²) in [6.07, 6.45) is -6.03. The van der Waals surface area contributed by atoms with E-state index in [0.29, 0.717) is 10.8 Å². The van der Waals surface area contributed by atoms with Gasteiger partial charge in [-0.15, -0.1) is 0 Å². The Morgan fingerprint density at radius 2 is 1.90 bits per heavy atom. The summed E-state index contributed by atoms with van der Waals surface area (Å²) in [5.41, 5.74) is 0. The van der Waals surface area contributed by atoms with Crippen LogP contribution in [-0.2, 0) is 0 Å². The number of hydrogen-bond donors (Lipinski definition) is 2. The fourth-order valence-electron chi connectivity index (χ4n) is 1.54. The van der Waals surface area contributed by atoms with E-state index in [-0.39, 0.29) is 13.2 Å². The van der Waals surface area contributed by atoms with Crippen LogP contribution in [0.3, 0.4) is 0 Å². The van der Waals surface area contributed by atoms with Crippen LogP contribution in [0.5, 0.6) is 5.75 Å². The SMILES string of the molecule is CC(CC(F)(F)F)NCC(O)COc1ccc(Cl)cc1. The molecule has 1 rings (SSSR count). The van der Waals surface area contributed by atoms with Crippen LogP contribution >= 0.6 is 11.6 Å². The Hall–Kier alpha value is -0.980. The Morgan fingerprint density at radius 1 is 1.30 bits per heavy atom. The van der Waals surface area contributed by atoms with Gasteiger partial charge in [-0.1, -0.05) is 11.6 Å². The Labute approximate surface area is 120 Å². The van der Waals surface area contributed by atoms with E-state index < -0.39 is 24.7 Å². The fourth-order valence-corrected chi connectivity index (χ4v) is 1.66. The maximum Gasteiger partial charge on any atom is 0.390 e. The van der Waals surface area contributed by atoms with Gasteiger partial charge in [0.05, 0.1) is 6.42 Å². The van der Waals surface area contributed by atoms with Crippen molar-refractivity contribution in [3.8, 4) is 5.75 Å². The summed E-state index contributed by atoms with van der Waals surface area (Å²) in [6, 6.07) is 5.84. The third-order valence-corrected chi connectivity index (χ3v) is 2.75. The molecule has 2 atom stereocenters. The van der Waals surface area contributed by atoms with Crippen molar-refractivity contribution >= 4 is 11.6 Å². The van der Waals surface area contributed by atoms with Gasteiger partial charge in [0.1, 0.15) is 18.5 Å². The summed E-state index contributed by atoms with van der Waals surface area (Å²) in [5, 5.41) is 12.8. The average Bonchev–Trinajstić information content (AvgIpc) is 2.33. The molecule has 0 aliphatic rings. The lowest BCUT2D eigenvalue weighted by atomic mass is 10.2. The summed E-state index contributed by atoms with van der Waals surface area (Å²) in [4.78, 5) is 0.